The van der Waals surface area contributed by atoms with E-state index in [1.165, 1.54) is 37.0 Å². The van der Waals surface area contributed by atoms with Crippen LogP contribution in [-0.2, 0) is 0 Å². The monoisotopic (exact) mass is 323 g/mol. The van der Waals surface area contributed by atoms with Crippen LogP contribution in [0, 0.1) is 0 Å². The molecular weight excluding hydrogens is 302 g/mol. The smallest absolute Gasteiger partial charge is 0.110 e. The zero-order valence-electron chi connectivity index (χ0n) is 13.1. The summed E-state index contributed by atoms with van der Waals surface area (Å²) in [6, 6.07) is 14.5. The summed E-state index contributed by atoms with van der Waals surface area (Å²) in [5.41, 5.74) is 9.15. The van der Waals surface area contributed by atoms with Crippen LogP contribution in [0.4, 0.5) is 5.69 Å². The van der Waals surface area contributed by atoms with E-state index in [-0.39, 0.29) is 0 Å². The van der Waals surface area contributed by atoms with Crippen molar-refractivity contribution < 1.29 is 0 Å². The van der Waals surface area contributed by atoms with Crippen molar-refractivity contribution in [2.75, 3.05) is 5.73 Å². The van der Waals surface area contributed by atoms with Crippen LogP contribution in [0.15, 0.2) is 52.3 Å². The van der Waals surface area contributed by atoms with Crippen LogP contribution >= 0.6 is 11.8 Å². The van der Waals surface area contributed by atoms with Gasteiger partial charge < -0.3 is 10.7 Å². The summed E-state index contributed by atoms with van der Waals surface area (Å²) < 4.78 is 0. The molecule has 0 spiro atoms. The zero-order valence-corrected chi connectivity index (χ0v) is 13.9. The number of nitrogen functional groups attached to an aromatic ring is 1. The van der Waals surface area contributed by atoms with Gasteiger partial charge in [-0.15, -0.1) is 0 Å². The maximum atomic E-state index is 6.25. The highest BCUT2D eigenvalue weighted by molar-refractivity contribution is 7.99. The first-order chi connectivity index (χ1) is 11.3. The Morgan fingerprint density at radius 2 is 1.83 bits per heavy atom. The molecule has 1 aliphatic carbocycles. The highest BCUT2D eigenvalue weighted by Crippen LogP contribution is 2.36. The van der Waals surface area contributed by atoms with E-state index in [4.69, 9.17) is 10.7 Å². The Hall–Kier alpha value is -1.94. The minimum Gasteiger partial charge on any atom is -0.398 e. The second-order valence-electron chi connectivity index (χ2n) is 6.28. The number of nitrogens with one attached hydrogen (secondary N) is 1. The summed E-state index contributed by atoms with van der Waals surface area (Å²) in [6.07, 6.45) is 6.50. The number of benzene rings is 2. The Morgan fingerprint density at radius 3 is 2.61 bits per heavy atom. The molecule has 3 nitrogen and oxygen atoms in total. The molecule has 0 amide bonds. The van der Waals surface area contributed by atoms with Crippen LogP contribution in [0.1, 0.15) is 43.8 Å². The molecule has 0 unspecified atom stereocenters. The molecule has 0 saturated heterocycles. The van der Waals surface area contributed by atoms with E-state index in [0.29, 0.717) is 5.92 Å². The van der Waals surface area contributed by atoms with Gasteiger partial charge in [0, 0.05) is 21.4 Å². The van der Waals surface area contributed by atoms with Crippen LogP contribution in [0.3, 0.4) is 0 Å². The van der Waals surface area contributed by atoms with Crippen LogP contribution in [-0.4, -0.2) is 9.97 Å². The lowest BCUT2D eigenvalue weighted by Gasteiger charge is -2.18. The normalized spacial score (nSPS) is 16.0. The average Bonchev–Trinajstić information content (AvgIpc) is 3.00. The molecule has 1 saturated carbocycles. The first-order valence-electron chi connectivity index (χ1n) is 8.31. The third kappa shape index (κ3) is 3.08. The largest absolute Gasteiger partial charge is 0.398 e. The van der Waals surface area contributed by atoms with Crippen LogP contribution in [0.25, 0.3) is 11.0 Å². The third-order valence-corrected chi connectivity index (χ3v) is 5.68. The van der Waals surface area contributed by atoms with Crippen molar-refractivity contribution in [3.63, 3.8) is 0 Å². The summed E-state index contributed by atoms with van der Waals surface area (Å²) >= 11 is 1.70. The summed E-state index contributed by atoms with van der Waals surface area (Å²) in [5.74, 6) is 1.73. The van der Waals surface area contributed by atoms with Crippen LogP contribution in [0.5, 0.6) is 0 Å². The summed E-state index contributed by atoms with van der Waals surface area (Å²) in [7, 11) is 0. The molecule has 4 rings (SSSR count). The molecule has 4 heteroatoms. The van der Waals surface area contributed by atoms with Crippen molar-refractivity contribution >= 4 is 28.5 Å². The summed E-state index contributed by atoms with van der Waals surface area (Å²) in [5, 5.41) is 0. The molecule has 3 N–H and O–H groups in total. The molecule has 1 heterocycles. The van der Waals surface area contributed by atoms with E-state index in [9.17, 15) is 0 Å². The fraction of sp³-hybridized carbons (Fsp3) is 0.316. The highest BCUT2D eigenvalue weighted by Gasteiger charge is 2.19. The molecule has 0 radical (unpaired) electrons. The van der Waals surface area contributed by atoms with Gasteiger partial charge >= 0.3 is 0 Å². The predicted molar refractivity (Wildman–Crippen MR) is 96.9 cm³/mol. The predicted octanol–water partition coefficient (Wildman–Crippen LogP) is 5.34. The van der Waals surface area contributed by atoms with E-state index >= 15 is 0 Å². The summed E-state index contributed by atoms with van der Waals surface area (Å²) in [6.45, 7) is 0. The van der Waals surface area contributed by atoms with Crippen molar-refractivity contribution in [2.24, 2.45) is 0 Å². The SMILES string of the molecule is Nc1cc2[nH]c(C3CCCCC3)nc2cc1Sc1ccccc1. The quantitative estimate of drug-likeness (QED) is 0.639. The molecule has 118 valence electrons. The molecule has 23 heavy (non-hydrogen) atoms. The van der Waals surface area contributed by atoms with Crippen LogP contribution in [0.2, 0.25) is 0 Å². The number of H-pyrrole nitrogens is 1. The number of imidazole rings is 1. The molecule has 2 aromatic carbocycles. The van der Waals surface area contributed by atoms with Gasteiger partial charge in [0.05, 0.1) is 11.0 Å². The van der Waals surface area contributed by atoms with Gasteiger partial charge in [-0.05, 0) is 37.1 Å². The van der Waals surface area contributed by atoms with Gasteiger partial charge in [-0.1, -0.05) is 49.2 Å². The van der Waals surface area contributed by atoms with Gasteiger partial charge in [-0.2, -0.15) is 0 Å². The molecule has 1 fully saturated rings. The van der Waals surface area contributed by atoms with Gasteiger partial charge in [0.25, 0.3) is 0 Å². The number of aromatic amines is 1. The minimum atomic E-state index is 0.586. The molecule has 0 bridgehead atoms. The fourth-order valence-electron chi connectivity index (χ4n) is 3.35. The number of nitrogens with two attached hydrogens (primary N) is 1. The van der Waals surface area contributed by atoms with Crippen molar-refractivity contribution in [3.05, 3.63) is 48.3 Å². The van der Waals surface area contributed by atoms with Crippen molar-refractivity contribution in [2.45, 2.75) is 47.8 Å². The Kier molecular flexibility index (Phi) is 4.00. The van der Waals surface area contributed by atoms with Crippen molar-refractivity contribution in [3.8, 4) is 0 Å². The van der Waals surface area contributed by atoms with Gasteiger partial charge in [0.15, 0.2) is 0 Å². The number of anilines is 1. The average molecular weight is 323 g/mol. The molecule has 3 aromatic rings. The Labute approximate surface area is 140 Å². The van der Waals surface area contributed by atoms with Gasteiger partial charge in [0.2, 0.25) is 0 Å². The highest BCUT2D eigenvalue weighted by atomic mass is 32.2. The first kappa shape index (κ1) is 14.6. The third-order valence-electron chi connectivity index (χ3n) is 4.59. The topological polar surface area (TPSA) is 54.7 Å². The van der Waals surface area contributed by atoms with Gasteiger partial charge in [-0.25, -0.2) is 4.98 Å². The first-order valence-corrected chi connectivity index (χ1v) is 9.13. The molecule has 1 aliphatic rings. The molecule has 1 aromatic heterocycles. The minimum absolute atomic E-state index is 0.586. The number of aromatic nitrogens is 2. The standard InChI is InChI=1S/C19H21N3S/c20-15-11-16-17(12-18(15)23-14-9-5-2-6-10-14)22-19(21-16)13-7-3-1-4-8-13/h2,5-6,9-13H,1,3-4,7-8,20H2,(H,21,22). The second kappa shape index (κ2) is 6.28. The van der Waals surface area contributed by atoms with E-state index < -0.39 is 0 Å². The number of nitrogens with zero attached hydrogens (tertiary/aromatic N) is 1. The number of fused-ring (bicyclic) bond motifs is 1. The lowest BCUT2D eigenvalue weighted by atomic mass is 9.89. The lowest BCUT2D eigenvalue weighted by Crippen LogP contribution is -2.05. The van der Waals surface area contributed by atoms with Crippen LogP contribution < -0.4 is 5.73 Å². The number of hydrogen-bond acceptors (Lipinski definition) is 3. The Balaban J connectivity index is 1.66. The number of hydrogen-bond donors (Lipinski definition) is 2. The molecule has 0 atom stereocenters. The molecule has 0 aliphatic heterocycles. The van der Waals surface area contributed by atoms with Crippen molar-refractivity contribution in [1.29, 1.82) is 0 Å². The maximum Gasteiger partial charge on any atom is 0.110 e. The van der Waals surface area contributed by atoms with Gasteiger partial charge in [0.1, 0.15) is 5.82 Å². The van der Waals surface area contributed by atoms with Crippen molar-refractivity contribution in [1.82, 2.24) is 9.97 Å². The lowest BCUT2D eigenvalue weighted by molar-refractivity contribution is 0.431. The summed E-state index contributed by atoms with van der Waals surface area (Å²) in [4.78, 5) is 10.6. The molecular formula is C19H21N3S. The zero-order chi connectivity index (χ0) is 15.6. The Morgan fingerprint density at radius 1 is 1.04 bits per heavy atom. The van der Waals surface area contributed by atoms with E-state index in [2.05, 4.69) is 23.2 Å². The fourth-order valence-corrected chi connectivity index (χ4v) is 4.24. The second-order valence-corrected chi connectivity index (χ2v) is 7.39. The number of rotatable bonds is 3. The van der Waals surface area contributed by atoms with E-state index in [1.54, 1.807) is 11.8 Å². The van der Waals surface area contributed by atoms with Gasteiger partial charge in [-0.3, -0.25) is 0 Å². The maximum absolute atomic E-state index is 6.25. The van der Waals surface area contributed by atoms with E-state index in [1.807, 2.05) is 24.3 Å². The Bertz CT molecular complexity index is 804. The van der Waals surface area contributed by atoms with E-state index in [0.717, 1.165) is 27.4 Å².